The molecule has 0 radical (unpaired) electrons. The van der Waals surface area contributed by atoms with E-state index in [0.29, 0.717) is 20.2 Å². The highest BCUT2D eigenvalue weighted by atomic mass is 16.5. The average Bonchev–Trinajstić information content (AvgIpc) is 2.12. The highest BCUT2D eigenvalue weighted by Crippen LogP contribution is 2.10. The molecule has 0 saturated carbocycles. The molecule has 2 aromatic rings. The Hall–Kier alpha value is -1.84. The molecule has 0 spiro atoms. The van der Waals surface area contributed by atoms with Gasteiger partial charge < -0.3 is 9.94 Å². The van der Waals surface area contributed by atoms with E-state index in [1.807, 2.05) is 6.92 Å². The van der Waals surface area contributed by atoms with Crippen LogP contribution in [0.25, 0.3) is 11.0 Å². The molecule has 0 aliphatic carbocycles. The van der Waals surface area contributed by atoms with Gasteiger partial charge in [0, 0.05) is 11.0 Å². The quantitative estimate of drug-likeness (QED) is 0.566. The lowest BCUT2D eigenvalue weighted by atomic mass is 10.2. The SMILES string of the molecule is Cc1ccc2c(c1)n([O-])cc[n+]2=O. The molecule has 0 unspecified atom stereocenters. The van der Waals surface area contributed by atoms with E-state index in [9.17, 15) is 10.1 Å². The van der Waals surface area contributed by atoms with Crippen LogP contribution in [0.15, 0.2) is 30.6 Å². The van der Waals surface area contributed by atoms with Crippen molar-refractivity contribution in [1.29, 1.82) is 0 Å². The first-order valence-corrected chi connectivity index (χ1v) is 3.90. The van der Waals surface area contributed by atoms with Crippen molar-refractivity contribution in [1.82, 2.24) is 4.73 Å². The third-order valence-electron chi connectivity index (χ3n) is 1.94. The lowest BCUT2D eigenvalue weighted by Gasteiger charge is -2.09. The summed E-state index contributed by atoms with van der Waals surface area (Å²) < 4.78 is 1.37. The Bertz CT molecular complexity index is 516. The predicted molar refractivity (Wildman–Crippen MR) is 48.8 cm³/mol. The van der Waals surface area contributed by atoms with E-state index >= 15 is 0 Å². The minimum absolute atomic E-state index is 0.392. The van der Waals surface area contributed by atoms with Crippen LogP contribution in [-0.4, -0.2) is 4.73 Å². The second-order valence-corrected chi connectivity index (χ2v) is 2.94. The molecular weight excluding hydrogens is 168 g/mol. The number of hydrogen-bond donors (Lipinski definition) is 0. The lowest BCUT2D eigenvalue weighted by molar-refractivity contribution is -0.464. The minimum Gasteiger partial charge on any atom is -0.805 e. The first kappa shape index (κ1) is 7.79. The number of aryl methyl sites for hydroxylation is 1. The third kappa shape index (κ3) is 1.16. The van der Waals surface area contributed by atoms with Gasteiger partial charge in [0.1, 0.15) is 5.52 Å². The van der Waals surface area contributed by atoms with Crippen LogP contribution in [0.1, 0.15) is 5.56 Å². The van der Waals surface area contributed by atoms with Gasteiger partial charge in [-0.15, -0.1) is 0 Å². The Labute approximate surface area is 74.2 Å². The van der Waals surface area contributed by atoms with Crippen molar-refractivity contribution in [3.8, 4) is 0 Å². The Morgan fingerprint density at radius 3 is 3.00 bits per heavy atom. The Morgan fingerprint density at radius 2 is 2.23 bits per heavy atom. The monoisotopic (exact) mass is 176 g/mol. The number of fused-ring (bicyclic) bond motifs is 1. The lowest BCUT2D eigenvalue weighted by Crippen LogP contribution is -2.16. The van der Waals surface area contributed by atoms with Gasteiger partial charge >= 0.3 is 0 Å². The van der Waals surface area contributed by atoms with E-state index in [4.69, 9.17) is 0 Å². The van der Waals surface area contributed by atoms with Gasteiger partial charge in [0.2, 0.25) is 6.20 Å². The van der Waals surface area contributed by atoms with Crippen LogP contribution < -0.4 is 4.43 Å². The van der Waals surface area contributed by atoms with Gasteiger partial charge in [-0.2, -0.15) is 0 Å². The molecule has 13 heavy (non-hydrogen) atoms. The Kier molecular flexibility index (Phi) is 1.55. The summed E-state index contributed by atoms with van der Waals surface area (Å²) in [5.41, 5.74) is 1.75. The fraction of sp³-hybridized carbons (Fsp3) is 0.111. The zero-order chi connectivity index (χ0) is 9.42. The van der Waals surface area contributed by atoms with Gasteiger partial charge in [-0.1, -0.05) is 6.07 Å². The van der Waals surface area contributed by atoms with Gasteiger partial charge in [0.05, 0.1) is 10.6 Å². The molecule has 0 atom stereocenters. The zero-order valence-corrected chi connectivity index (χ0v) is 7.10. The molecule has 0 fully saturated rings. The third-order valence-corrected chi connectivity index (χ3v) is 1.94. The maximum absolute atomic E-state index is 11.2. The van der Waals surface area contributed by atoms with E-state index in [2.05, 4.69) is 0 Å². The maximum Gasteiger partial charge on any atom is 0.285 e. The molecule has 0 saturated heterocycles. The fourth-order valence-corrected chi connectivity index (χ4v) is 1.28. The first-order chi connectivity index (χ1) is 6.18. The number of hydrogen-bond acceptors (Lipinski definition) is 2. The molecule has 0 aliphatic rings. The van der Waals surface area contributed by atoms with Crippen molar-refractivity contribution in [2.45, 2.75) is 6.92 Å². The number of aromatic nitrogens is 2. The molecule has 0 N–H and O–H groups in total. The van der Waals surface area contributed by atoms with E-state index in [1.165, 1.54) is 12.4 Å². The van der Waals surface area contributed by atoms with Crippen LogP contribution in [0.3, 0.4) is 0 Å². The first-order valence-electron chi connectivity index (χ1n) is 3.90. The Balaban J connectivity index is 3.01. The van der Waals surface area contributed by atoms with Crippen LogP contribution in [0.4, 0.5) is 0 Å². The molecule has 1 heterocycles. The van der Waals surface area contributed by atoms with E-state index in [0.717, 1.165) is 5.56 Å². The van der Waals surface area contributed by atoms with Crippen molar-refractivity contribution in [3.63, 3.8) is 0 Å². The molecule has 2 rings (SSSR count). The van der Waals surface area contributed by atoms with Crippen LogP contribution in [0.2, 0.25) is 0 Å². The van der Waals surface area contributed by atoms with Crippen molar-refractivity contribution < 1.29 is 4.43 Å². The van der Waals surface area contributed by atoms with E-state index in [-0.39, 0.29) is 0 Å². The van der Waals surface area contributed by atoms with Gasteiger partial charge in [-0.3, -0.25) is 0 Å². The normalized spacial score (nSPS) is 10.5. The number of benzene rings is 1. The van der Waals surface area contributed by atoms with Crippen LogP contribution >= 0.6 is 0 Å². The summed E-state index contributed by atoms with van der Waals surface area (Å²) in [6, 6.07) is 5.14. The standard InChI is InChI=1S/C9H8N2O2/c1-7-2-3-8-9(6-7)11(13)5-4-10(8)12/h2-6H,1H3. The van der Waals surface area contributed by atoms with Crippen molar-refractivity contribution in [2.75, 3.05) is 0 Å². The topological polar surface area (TPSA) is 51.0 Å². The van der Waals surface area contributed by atoms with Gasteiger partial charge in [-0.25, -0.2) is 0 Å². The maximum atomic E-state index is 11.2. The van der Waals surface area contributed by atoms with E-state index < -0.39 is 0 Å². The molecule has 1 aromatic carbocycles. The second kappa shape index (κ2) is 2.58. The summed E-state index contributed by atoms with van der Waals surface area (Å²) in [7, 11) is 0. The minimum atomic E-state index is 0.392. The Morgan fingerprint density at radius 1 is 1.46 bits per heavy atom. The predicted octanol–water partition coefficient (Wildman–Crippen LogP) is 1.21. The highest BCUT2D eigenvalue weighted by Gasteiger charge is 2.05. The highest BCUT2D eigenvalue weighted by molar-refractivity contribution is 5.72. The number of nitrogens with zero attached hydrogens (tertiary/aromatic N) is 2. The zero-order valence-electron chi connectivity index (χ0n) is 7.10. The molecular formula is C9H8N2O2. The van der Waals surface area contributed by atoms with Crippen LogP contribution in [0.5, 0.6) is 0 Å². The van der Waals surface area contributed by atoms with E-state index in [1.54, 1.807) is 18.2 Å². The molecule has 0 bridgehead atoms. The molecule has 0 aliphatic heterocycles. The smallest absolute Gasteiger partial charge is 0.285 e. The average molecular weight is 176 g/mol. The van der Waals surface area contributed by atoms with Gasteiger partial charge in [-0.05, 0) is 18.6 Å². The second-order valence-electron chi connectivity index (χ2n) is 2.94. The van der Waals surface area contributed by atoms with Crippen molar-refractivity contribution in [2.24, 2.45) is 0 Å². The van der Waals surface area contributed by atoms with Crippen LogP contribution in [0, 0.1) is 17.0 Å². The van der Waals surface area contributed by atoms with Gasteiger partial charge in [0.15, 0.2) is 0 Å². The summed E-state index contributed by atoms with van der Waals surface area (Å²) in [5, 5.41) is 11.2. The summed E-state index contributed by atoms with van der Waals surface area (Å²) in [4.78, 5) is 11.2. The van der Waals surface area contributed by atoms with Crippen LogP contribution in [-0.2, 0) is 0 Å². The van der Waals surface area contributed by atoms with Crippen molar-refractivity contribution >= 4 is 11.0 Å². The number of rotatable bonds is 0. The molecule has 1 aromatic heterocycles. The summed E-state index contributed by atoms with van der Waals surface area (Å²) in [6.07, 6.45) is 2.40. The molecule has 0 amide bonds. The van der Waals surface area contributed by atoms with Gasteiger partial charge in [0.25, 0.3) is 5.52 Å². The molecule has 4 nitrogen and oxygen atoms in total. The summed E-state index contributed by atoms with van der Waals surface area (Å²) in [5.74, 6) is 0. The largest absolute Gasteiger partial charge is 0.805 e. The fourth-order valence-electron chi connectivity index (χ4n) is 1.28. The summed E-state index contributed by atoms with van der Waals surface area (Å²) in [6.45, 7) is 1.88. The summed E-state index contributed by atoms with van der Waals surface area (Å²) >= 11 is 0. The molecule has 66 valence electrons. The van der Waals surface area contributed by atoms with Crippen molar-refractivity contribution in [3.05, 3.63) is 46.3 Å². The molecule has 4 heteroatoms.